The predicted octanol–water partition coefficient (Wildman–Crippen LogP) is -1.59. The lowest BCUT2D eigenvalue weighted by Gasteiger charge is -2.14. The van der Waals surface area contributed by atoms with Gasteiger partial charge < -0.3 is 14.9 Å². The molecular weight excluding hydrogens is 402 g/mol. The van der Waals surface area contributed by atoms with Crippen molar-refractivity contribution >= 4 is 23.6 Å². The molecule has 1 aromatic heterocycles. The molecule has 0 aliphatic carbocycles. The zero-order chi connectivity index (χ0) is 21.1. The first-order chi connectivity index (χ1) is 13.8. The van der Waals surface area contributed by atoms with Crippen LogP contribution in [0.3, 0.4) is 0 Å². The first-order valence-corrected chi connectivity index (χ1v) is 10.1. The Kier molecular flexibility index (Phi) is 6.59. The summed E-state index contributed by atoms with van der Waals surface area (Å²) in [6, 6.07) is 0. The summed E-state index contributed by atoms with van der Waals surface area (Å²) >= 11 is 1.22. The van der Waals surface area contributed by atoms with E-state index in [4.69, 9.17) is 9.84 Å². The number of hydrogen-bond acceptors (Lipinski definition) is 8. The number of aromatic nitrogens is 2. The fourth-order valence-corrected chi connectivity index (χ4v) is 4.11. The van der Waals surface area contributed by atoms with E-state index < -0.39 is 41.5 Å². The van der Waals surface area contributed by atoms with E-state index in [0.29, 0.717) is 6.54 Å². The van der Waals surface area contributed by atoms with Crippen LogP contribution in [0.2, 0.25) is 0 Å². The Morgan fingerprint density at radius 2 is 2.10 bits per heavy atom. The zero-order valence-electron chi connectivity index (χ0n) is 15.7. The lowest BCUT2D eigenvalue weighted by Crippen LogP contribution is -2.33. The van der Waals surface area contributed by atoms with Crippen molar-refractivity contribution < 1.29 is 24.5 Å². The molecule has 0 saturated carbocycles. The van der Waals surface area contributed by atoms with Gasteiger partial charge >= 0.3 is 5.69 Å². The number of nitrogens with one attached hydrogen (secondary N) is 1. The van der Waals surface area contributed by atoms with Crippen molar-refractivity contribution in [1.29, 1.82) is 0 Å². The van der Waals surface area contributed by atoms with Crippen LogP contribution in [0.25, 0.3) is 0 Å². The summed E-state index contributed by atoms with van der Waals surface area (Å²) < 4.78 is 6.56. The van der Waals surface area contributed by atoms with Gasteiger partial charge in [-0.05, 0) is 6.92 Å². The number of carbonyl (C=O) groups is 2. The third kappa shape index (κ3) is 4.45. The highest BCUT2D eigenvalue weighted by atomic mass is 32.2. The lowest BCUT2D eigenvalue weighted by molar-refractivity contribution is -0.137. The number of thioether (sulfide) groups is 1. The molecule has 0 unspecified atom stereocenters. The highest BCUT2D eigenvalue weighted by Gasteiger charge is 2.37. The molecule has 1 aromatic rings. The minimum absolute atomic E-state index is 0.0275. The molecule has 2 saturated heterocycles. The van der Waals surface area contributed by atoms with Gasteiger partial charge in [0.25, 0.3) is 5.56 Å². The minimum Gasteiger partial charge on any atom is -0.394 e. The summed E-state index contributed by atoms with van der Waals surface area (Å²) in [4.78, 5) is 51.2. The average Bonchev–Trinajstić information content (AvgIpc) is 3.18. The van der Waals surface area contributed by atoms with Crippen molar-refractivity contribution in [3.8, 4) is 11.8 Å². The maximum absolute atomic E-state index is 12.1. The van der Waals surface area contributed by atoms with Gasteiger partial charge in [-0.15, -0.1) is 11.8 Å². The molecule has 0 radical (unpaired) electrons. The smallest absolute Gasteiger partial charge is 0.330 e. The summed E-state index contributed by atoms with van der Waals surface area (Å²) in [7, 11) is 0. The van der Waals surface area contributed by atoms with E-state index in [1.165, 1.54) is 22.9 Å². The number of imide groups is 1. The van der Waals surface area contributed by atoms with Crippen LogP contribution in [-0.2, 0) is 14.3 Å². The summed E-state index contributed by atoms with van der Waals surface area (Å²) in [5, 5.41) is 18.5. The summed E-state index contributed by atoms with van der Waals surface area (Å²) in [5.74, 6) is 5.23. The van der Waals surface area contributed by atoms with Gasteiger partial charge in [0.1, 0.15) is 17.9 Å². The molecule has 29 heavy (non-hydrogen) atoms. The summed E-state index contributed by atoms with van der Waals surface area (Å²) in [5.41, 5.74) is -1.34. The number of aromatic amines is 1. The number of rotatable bonds is 5. The van der Waals surface area contributed by atoms with Gasteiger partial charge in [-0.3, -0.25) is 28.8 Å². The highest BCUT2D eigenvalue weighted by molar-refractivity contribution is 8.00. The van der Waals surface area contributed by atoms with E-state index in [9.17, 15) is 24.3 Å². The average molecular weight is 423 g/mol. The van der Waals surface area contributed by atoms with E-state index in [-0.39, 0.29) is 36.0 Å². The van der Waals surface area contributed by atoms with Crippen molar-refractivity contribution in [2.75, 3.05) is 18.9 Å². The van der Waals surface area contributed by atoms with Crippen LogP contribution in [-0.4, -0.2) is 72.8 Å². The number of amides is 2. The van der Waals surface area contributed by atoms with Crippen LogP contribution < -0.4 is 11.2 Å². The van der Waals surface area contributed by atoms with Crippen molar-refractivity contribution in [2.45, 2.75) is 43.5 Å². The monoisotopic (exact) mass is 423 g/mol. The number of carbonyl (C=O) groups excluding carboxylic acids is 2. The molecule has 0 bridgehead atoms. The Balaban J connectivity index is 1.70. The largest absolute Gasteiger partial charge is 0.394 e. The molecule has 11 heteroatoms. The SMILES string of the molecule is CCN1C(=O)C[C@@H](SCC#Cc2cn([C@H]3C[C@H](O)[C@@H](CO)O3)c(=O)[nH]c2=O)C1=O. The number of hydrogen-bond donors (Lipinski definition) is 3. The molecule has 3 heterocycles. The first kappa shape index (κ1) is 21.3. The number of nitrogens with zero attached hydrogens (tertiary/aromatic N) is 2. The molecule has 2 aliphatic heterocycles. The lowest BCUT2D eigenvalue weighted by atomic mass is 10.2. The van der Waals surface area contributed by atoms with E-state index in [0.717, 1.165) is 4.57 Å². The predicted molar refractivity (Wildman–Crippen MR) is 103 cm³/mol. The van der Waals surface area contributed by atoms with E-state index >= 15 is 0 Å². The molecule has 10 nitrogen and oxygen atoms in total. The standard InChI is InChI=1S/C18H21N3O7S/c1-2-20-14(24)7-13(17(20)26)29-5-3-4-10-8-21(18(27)19-16(10)25)15-6-11(23)12(9-22)28-15/h8,11-13,15,22-23H,2,5-7,9H2,1H3,(H,19,25,27)/t11-,12+,13+,15+/m0/s1. The van der Waals surface area contributed by atoms with Gasteiger partial charge in [-0.2, -0.15) is 0 Å². The molecule has 3 rings (SSSR count). The van der Waals surface area contributed by atoms with Gasteiger partial charge in [0.05, 0.1) is 23.7 Å². The van der Waals surface area contributed by atoms with Crippen LogP contribution in [0.5, 0.6) is 0 Å². The maximum atomic E-state index is 12.1. The Hall–Kier alpha value is -2.39. The zero-order valence-corrected chi connectivity index (χ0v) is 16.5. The Labute approximate surface area is 169 Å². The molecule has 4 atom stereocenters. The van der Waals surface area contributed by atoms with Crippen LogP contribution in [0.4, 0.5) is 0 Å². The van der Waals surface area contributed by atoms with Crippen molar-refractivity contribution in [3.05, 3.63) is 32.6 Å². The minimum atomic E-state index is -0.927. The second kappa shape index (κ2) is 8.96. The van der Waals surface area contributed by atoms with Gasteiger partial charge in [0, 0.05) is 25.6 Å². The van der Waals surface area contributed by atoms with Gasteiger partial charge in [0.15, 0.2) is 0 Å². The van der Waals surface area contributed by atoms with Crippen LogP contribution >= 0.6 is 11.8 Å². The second-order valence-corrected chi connectivity index (χ2v) is 7.80. The van der Waals surface area contributed by atoms with Crippen molar-refractivity contribution in [2.24, 2.45) is 0 Å². The Bertz CT molecular complexity index is 976. The quantitative estimate of drug-likeness (QED) is 0.380. The van der Waals surface area contributed by atoms with E-state index in [1.54, 1.807) is 6.92 Å². The molecule has 156 valence electrons. The van der Waals surface area contributed by atoms with Crippen molar-refractivity contribution in [1.82, 2.24) is 14.5 Å². The number of likely N-dealkylation sites (tertiary alicyclic amines) is 1. The normalized spacial score (nSPS) is 26.7. The first-order valence-electron chi connectivity index (χ1n) is 9.10. The van der Waals surface area contributed by atoms with Gasteiger partial charge in [-0.1, -0.05) is 11.8 Å². The molecule has 2 fully saturated rings. The van der Waals surface area contributed by atoms with Gasteiger partial charge in [-0.25, -0.2) is 4.79 Å². The van der Waals surface area contributed by atoms with Crippen LogP contribution in [0.15, 0.2) is 15.8 Å². The summed E-state index contributed by atoms with van der Waals surface area (Å²) in [6.07, 6.45) is -1.09. The number of aliphatic hydroxyl groups excluding tert-OH is 2. The summed E-state index contributed by atoms with van der Waals surface area (Å²) in [6.45, 7) is 1.68. The van der Waals surface area contributed by atoms with Crippen molar-refractivity contribution in [3.63, 3.8) is 0 Å². The molecule has 2 amide bonds. The number of H-pyrrole nitrogens is 1. The molecule has 2 aliphatic rings. The highest BCUT2D eigenvalue weighted by Crippen LogP contribution is 2.27. The number of aliphatic hydroxyl groups is 2. The Morgan fingerprint density at radius 1 is 1.34 bits per heavy atom. The third-order valence-corrected chi connectivity index (χ3v) is 5.84. The molecule has 3 N–H and O–H groups in total. The van der Waals surface area contributed by atoms with E-state index in [1.807, 2.05) is 0 Å². The van der Waals surface area contributed by atoms with Crippen LogP contribution in [0, 0.1) is 11.8 Å². The van der Waals surface area contributed by atoms with E-state index in [2.05, 4.69) is 16.8 Å². The molecular formula is C18H21N3O7S. The van der Waals surface area contributed by atoms with Crippen LogP contribution in [0.1, 0.15) is 31.6 Å². The number of ether oxygens (including phenoxy) is 1. The fourth-order valence-electron chi connectivity index (χ4n) is 3.23. The van der Waals surface area contributed by atoms with Gasteiger partial charge in [0.2, 0.25) is 11.8 Å². The fraction of sp³-hybridized carbons (Fsp3) is 0.556. The third-order valence-electron chi connectivity index (χ3n) is 4.76. The molecule has 0 spiro atoms. The topological polar surface area (TPSA) is 142 Å². The molecule has 0 aromatic carbocycles. The second-order valence-electron chi connectivity index (χ2n) is 6.61. The Morgan fingerprint density at radius 3 is 2.72 bits per heavy atom. The maximum Gasteiger partial charge on any atom is 0.330 e.